The third-order valence-electron chi connectivity index (χ3n) is 5.51. The topological polar surface area (TPSA) is 50.5 Å². The Hall–Kier alpha value is -1.10. The zero-order valence-electron chi connectivity index (χ0n) is 13.3. The van der Waals surface area contributed by atoms with E-state index >= 15 is 0 Å². The van der Waals surface area contributed by atoms with E-state index in [-0.39, 0.29) is 6.04 Å². The van der Waals surface area contributed by atoms with E-state index in [4.69, 9.17) is 10.6 Å². The normalized spacial score (nSPS) is 30.4. The van der Waals surface area contributed by atoms with Crippen molar-refractivity contribution in [3.63, 3.8) is 0 Å². The van der Waals surface area contributed by atoms with Crippen LogP contribution in [-0.2, 0) is 0 Å². The molecule has 0 spiro atoms. The standard InChI is InChI=1S/C17H27N3O/c1-11-4-7-16(21-3)15(8-11)17(19-18)12-9-13-5-6-14(10-12)20(13)2/h4,7-8,12-14,17,19H,5-6,9-10,18H2,1-3H3. The van der Waals surface area contributed by atoms with Crippen molar-refractivity contribution in [1.29, 1.82) is 0 Å². The molecular weight excluding hydrogens is 262 g/mol. The van der Waals surface area contributed by atoms with Gasteiger partial charge < -0.3 is 9.64 Å². The first-order chi connectivity index (χ1) is 10.1. The highest BCUT2D eigenvalue weighted by molar-refractivity contribution is 5.39. The number of methoxy groups -OCH3 is 1. The molecule has 2 fully saturated rings. The summed E-state index contributed by atoms with van der Waals surface area (Å²) in [5.74, 6) is 7.46. The van der Waals surface area contributed by atoms with E-state index in [2.05, 4.69) is 42.5 Å². The maximum absolute atomic E-state index is 5.94. The van der Waals surface area contributed by atoms with Crippen LogP contribution in [0.2, 0.25) is 0 Å². The van der Waals surface area contributed by atoms with Crippen molar-refractivity contribution in [3.8, 4) is 5.75 Å². The fraction of sp³-hybridized carbons (Fsp3) is 0.647. The number of benzene rings is 1. The minimum atomic E-state index is 0.177. The molecule has 2 bridgehead atoms. The van der Waals surface area contributed by atoms with Crippen LogP contribution in [0.5, 0.6) is 5.75 Å². The Labute approximate surface area is 127 Å². The van der Waals surface area contributed by atoms with Crippen LogP contribution in [0.15, 0.2) is 18.2 Å². The van der Waals surface area contributed by atoms with Crippen molar-refractivity contribution in [3.05, 3.63) is 29.3 Å². The largest absolute Gasteiger partial charge is 0.496 e. The van der Waals surface area contributed by atoms with Crippen molar-refractivity contribution in [2.75, 3.05) is 14.2 Å². The van der Waals surface area contributed by atoms with Gasteiger partial charge in [-0.3, -0.25) is 11.3 Å². The summed E-state index contributed by atoms with van der Waals surface area (Å²) in [5.41, 5.74) is 5.53. The third kappa shape index (κ3) is 2.68. The van der Waals surface area contributed by atoms with Crippen LogP contribution in [0.4, 0.5) is 0 Å². The van der Waals surface area contributed by atoms with Gasteiger partial charge in [-0.05, 0) is 51.6 Å². The molecule has 3 rings (SSSR count). The number of nitrogens with zero attached hydrogens (tertiary/aromatic N) is 1. The van der Waals surface area contributed by atoms with Crippen LogP contribution in [-0.4, -0.2) is 31.1 Å². The van der Waals surface area contributed by atoms with E-state index in [1.54, 1.807) is 7.11 Å². The number of rotatable bonds is 4. The molecule has 3 atom stereocenters. The minimum Gasteiger partial charge on any atom is -0.496 e. The molecule has 2 aliphatic rings. The Morgan fingerprint density at radius 1 is 1.29 bits per heavy atom. The monoisotopic (exact) mass is 289 g/mol. The molecule has 0 radical (unpaired) electrons. The number of ether oxygens (including phenoxy) is 1. The second-order valence-electron chi connectivity index (χ2n) is 6.67. The first-order valence-corrected chi connectivity index (χ1v) is 7.96. The quantitative estimate of drug-likeness (QED) is 0.660. The lowest BCUT2D eigenvalue weighted by atomic mass is 9.82. The van der Waals surface area contributed by atoms with Crippen LogP contribution in [0.3, 0.4) is 0 Å². The highest BCUT2D eigenvalue weighted by Crippen LogP contribution is 2.43. The molecule has 0 amide bonds. The number of aryl methyl sites for hydroxylation is 1. The van der Waals surface area contributed by atoms with Crippen molar-refractivity contribution in [1.82, 2.24) is 10.3 Å². The number of hydrazine groups is 1. The molecule has 0 aromatic heterocycles. The average molecular weight is 289 g/mol. The van der Waals surface area contributed by atoms with Crippen molar-refractivity contribution < 1.29 is 4.74 Å². The average Bonchev–Trinajstić information content (AvgIpc) is 2.70. The molecule has 0 aliphatic carbocycles. The predicted octanol–water partition coefficient (Wildman–Crippen LogP) is 2.38. The number of fused-ring (bicyclic) bond motifs is 2. The van der Waals surface area contributed by atoms with Gasteiger partial charge in [0.05, 0.1) is 13.2 Å². The second-order valence-corrected chi connectivity index (χ2v) is 6.67. The molecule has 2 heterocycles. The lowest BCUT2D eigenvalue weighted by molar-refractivity contribution is 0.112. The number of piperidine rings is 1. The Kier molecular flexibility index (Phi) is 4.20. The molecule has 1 aromatic carbocycles. The van der Waals surface area contributed by atoms with Crippen LogP contribution in [0.25, 0.3) is 0 Å². The van der Waals surface area contributed by atoms with E-state index in [0.717, 1.165) is 17.8 Å². The van der Waals surface area contributed by atoms with Gasteiger partial charge in [0.2, 0.25) is 0 Å². The summed E-state index contributed by atoms with van der Waals surface area (Å²) >= 11 is 0. The number of nitrogens with two attached hydrogens (primary N) is 1. The fourth-order valence-electron chi connectivity index (χ4n) is 4.30. The molecule has 1 aromatic rings. The maximum atomic E-state index is 5.94. The zero-order valence-corrected chi connectivity index (χ0v) is 13.3. The molecule has 4 nitrogen and oxygen atoms in total. The summed E-state index contributed by atoms with van der Waals surface area (Å²) in [6, 6.07) is 7.98. The number of hydrogen-bond donors (Lipinski definition) is 2. The van der Waals surface area contributed by atoms with Gasteiger partial charge in [-0.2, -0.15) is 0 Å². The SMILES string of the molecule is COc1ccc(C)cc1C(NN)C1CC2CCC(C1)N2C. The van der Waals surface area contributed by atoms with Crippen molar-refractivity contribution >= 4 is 0 Å². The maximum Gasteiger partial charge on any atom is 0.123 e. The number of hydrogen-bond acceptors (Lipinski definition) is 4. The van der Waals surface area contributed by atoms with Crippen molar-refractivity contribution in [2.24, 2.45) is 11.8 Å². The van der Waals surface area contributed by atoms with Gasteiger partial charge in [-0.1, -0.05) is 17.7 Å². The van der Waals surface area contributed by atoms with Gasteiger partial charge in [0.25, 0.3) is 0 Å². The van der Waals surface area contributed by atoms with E-state index < -0.39 is 0 Å². The molecule has 21 heavy (non-hydrogen) atoms. The third-order valence-corrected chi connectivity index (χ3v) is 5.51. The minimum absolute atomic E-state index is 0.177. The first kappa shape index (κ1) is 14.8. The predicted molar refractivity (Wildman–Crippen MR) is 85.1 cm³/mol. The lowest BCUT2D eigenvalue weighted by Crippen LogP contribution is -2.45. The highest BCUT2D eigenvalue weighted by atomic mass is 16.5. The summed E-state index contributed by atoms with van der Waals surface area (Å²) in [7, 11) is 4.01. The fourth-order valence-corrected chi connectivity index (χ4v) is 4.30. The van der Waals surface area contributed by atoms with Gasteiger partial charge in [0, 0.05) is 17.6 Å². The summed E-state index contributed by atoms with van der Waals surface area (Å²) < 4.78 is 5.56. The molecule has 0 saturated carbocycles. The van der Waals surface area contributed by atoms with Crippen LogP contribution >= 0.6 is 0 Å². The van der Waals surface area contributed by atoms with E-state index in [0.29, 0.717) is 5.92 Å². The second kappa shape index (κ2) is 5.95. The molecule has 3 unspecified atom stereocenters. The molecule has 4 heteroatoms. The van der Waals surface area contributed by atoms with Crippen LogP contribution in [0, 0.1) is 12.8 Å². The van der Waals surface area contributed by atoms with Crippen LogP contribution in [0.1, 0.15) is 42.9 Å². The first-order valence-electron chi connectivity index (χ1n) is 7.96. The Morgan fingerprint density at radius 2 is 1.95 bits per heavy atom. The zero-order chi connectivity index (χ0) is 15.0. The van der Waals surface area contributed by atoms with Crippen molar-refractivity contribution in [2.45, 2.75) is 50.7 Å². The van der Waals surface area contributed by atoms with Gasteiger partial charge in [-0.15, -0.1) is 0 Å². The van der Waals surface area contributed by atoms with Gasteiger partial charge in [0.15, 0.2) is 0 Å². The summed E-state index contributed by atoms with van der Waals surface area (Å²) in [6.07, 6.45) is 5.11. The highest BCUT2D eigenvalue weighted by Gasteiger charge is 2.41. The molecule has 3 N–H and O–H groups in total. The Morgan fingerprint density at radius 3 is 2.52 bits per heavy atom. The summed E-state index contributed by atoms with van der Waals surface area (Å²) in [6.45, 7) is 2.12. The van der Waals surface area contributed by atoms with E-state index in [1.807, 2.05) is 0 Å². The molecule has 2 aliphatic heterocycles. The van der Waals surface area contributed by atoms with E-state index in [9.17, 15) is 0 Å². The molecular formula is C17H27N3O. The molecule has 116 valence electrons. The number of nitrogens with one attached hydrogen (secondary N) is 1. The lowest BCUT2D eigenvalue weighted by Gasteiger charge is -2.40. The van der Waals surface area contributed by atoms with Gasteiger partial charge in [0.1, 0.15) is 5.75 Å². The summed E-state index contributed by atoms with van der Waals surface area (Å²) in [5, 5.41) is 0. The van der Waals surface area contributed by atoms with Gasteiger partial charge in [-0.25, -0.2) is 0 Å². The van der Waals surface area contributed by atoms with E-state index in [1.165, 1.54) is 36.8 Å². The Bertz CT molecular complexity index is 491. The van der Waals surface area contributed by atoms with Gasteiger partial charge >= 0.3 is 0 Å². The summed E-state index contributed by atoms with van der Waals surface area (Å²) in [4.78, 5) is 2.57. The smallest absolute Gasteiger partial charge is 0.123 e. The Balaban J connectivity index is 1.87. The van der Waals surface area contributed by atoms with Crippen LogP contribution < -0.4 is 16.0 Å². The molecule has 2 saturated heterocycles.